The van der Waals surface area contributed by atoms with Crippen LogP contribution in [-0.4, -0.2) is 19.5 Å². The minimum absolute atomic E-state index is 0.0112. The lowest BCUT2D eigenvalue weighted by atomic mass is 9.84. The molecular formula is C15H22O5S. The van der Waals surface area contributed by atoms with E-state index >= 15 is 0 Å². The van der Waals surface area contributed by atoms with Crippen molar-refractivity contribution in [1.82, 2.24) is 0 Å². The summed E-state index contributed by atoms with van der Waals surface area (Å²) in [7, 11) is -4.28. The average Bonchev–Trinajstić information content (AvgIpc) is 2.24. The Morgan fingerprint density at radius 2 is 1.86 bits per heavy atom. The molecule has 1 N–H and O–H groups in total. The molecule has 21 heavy (non-hydrogen) atoms. The monoisotopic (exact) mass is 314 g/mol. The first kappa shape index (κ1) is 17.5. The zero-order chi connectivity index (χ0) is 16.3. The molecule has 0 saturated heterocycles. The molecule has 0 bridgehead atoms. The summed E-state index contributed by atoms with van der Waals surface area (Å²) < 4.78 is 28.4. The van der Waals surface area contributed by atoms with Crippen LogP contribution in [0.2, 0.25) is 0 Å². The van der Waals surface area contributed by atoms with Gasteiger partial charge < -0.3 is 9.29 Å². The Labute approximate surface area is 126 Å². The zero-order valence-electron chi connectivity index (χ0n) is 12.8. The molecule has 1 aromatic rings. The minimum Gasteiger partial charge on any atom is -0.506 e. The first-order valence-corrected chi connectivity index (χ1v) is 8.17. The van der Waals surface area contributed by atoms with Gasteiger partial charge in [0.25, 0.3) is 0 Å². The molecule has 0 radical (unpaired) electrons. The molecule has 6 heteroatoms. The van der Waals surface area contributed by atoms with E-state index in [0.717, 1.165) is 6.42 Å². The van der Waals surface area contributed by atoms with E-state index in [1.54, 1.807) is 0 Å². The number of hydrogen-bond acceptors (Lipinski definition) is 5. The van der Waals surface area contributed by atoms with Gasteiger partial charge in [-0.2, -0.15) is 8.42 Å². The largest absolute Gasteiger partial charge is 0.506 e. The van der Waals surface area contributed by atoms with Crippen LogP contribution in [0.3, 0.4) is 0 Å². The molecule has 1 atom stereocenters. The standard InChI is InChI=1S/C15H22O5S/c1-11(10-15(2,3)4)9-14(17)20-21(18,19)13-8-6-5-7-12(13)16/h5-8,11,16H,9-10H2,1-4H3. The number of benzene rings is 1. The van der Waals surface area contributed by atoms with Gasteiger partial charge in [0.1, 0.15) is 10.6 Å². The predicted molar refractivity (Wildman–Crippen MR) is 79.2 cm³/mol. The van der Waals surface area contributed by atoms with E-state index in [-0.39, 0.29) is 17.8 Å². The summed E-state index contributed by atoms with van der Waals surface area (Å²) in [4.78, 5) is 11.4. The molecule has 0 heterocycles. The molecule has 0 saturated carbocycles. The molecule has 0 fully saturated rings. The van der Waals surface area contributed by atoms with Crippen molar-refractivity contribution in [2.45, 2.75) is 45.4 Å². The molecule has 0 aliphatic heterocycles. The molecule has 1 unspecified atom stereocenters. The lowest BCUT2D eigenvalue weighted by Crippen LogP contribution is -2.18. The van der Waals surface area contributed by atoms with Crippen molar-refractivity contribution in [3.63, 3.8) is 0 Å². The first-order valence-electron chi connectivity index (χ1n) is 6.76. The van der Waals surface area contributed by atoms with Gasteiger partial charge in [-0.25, -0.2) is 0 Å². The topological polar surface area (TPSA) is 80.7 Å². The van der Waals surface area contributed by atoms with Crippen LogP contribution in [0.4, 0.5) is 0 Å². The molecule has 0 aliphatic rings. The second kappa shape index (κ2) is 6.47. The lowest BCUT2D eigenvalue weighted by Gasteiger charge is -2.22. The van der Waals surface area contributed by atoms with Crippen LogP contribution >= 0.6 is 0 Å². The average molecular weight is 314 g/mol. The lowest BCUT2D eigenvalue weighted by molar-refractivity contribution is -0.134. The smallest absolute Gasteiger partial charge is 0.345 e. The highest BCUT2D eigenvalue weighted by atomic mass is 32.2. The number of para-hydroxylation sites is 1. The van der Waals surface area contributed by atoms with Crippen LogP contribution in [0.5, 0.6) is 5.75 Å². The van der Waals surface area contributed by atoms with Crippen LogP contribution in [-0.2, 0) is 19.1 Å². The summed E-state index contributed by atoms with van der Waals surface area (Å²) in [6, 6.07) is 5.35. The first-order chi connectivity index (χ1) is 9.51. The fraction of sp³-hybridized carbons (Fsp3) is 0.533. The van der Waals surface area contributed by atoms with Gasteiger partial charge in [0.15, 0.2) is 0 Å². The number of hydrogen-bond donors (Lipinski definition) is 1. The molecule has 0 spiro atoms. The van der Waals surface area contributed by atoms with E-state index in [4.69, 9.17) is 0 Å². The summed E-state index contributed by atoms with van der Waals surface area (Å²) in [5, 5.41) is 9.52. The molecule has 1 rings (SSSR count). The highest BCUT2D eigenvalue weighted by Crippen LogP contribution is 2.27. The summed E-state index contributed by atoms with van der Waals surface area (Å²) >= 11 is 0. The normalized spacial score (nSPS) is 13.7. The Morgan fingerprint density at radius 3 is 2.38 bits per heavy atom. The van der Waals surface area contributed by atoms with E-state index in [2.05, 4.69) is 4.18 Å². The third-order valence-electron chi connectivity index (χ3n) is 2.81. The van der Waals surface area contributed by atoms with Crippen LogP contribution in [0.25, 0.3) is 0 Å². The SMILES string of the molecule is CC(CC(=O)OS(=O)(=O)c1ccccc1O)CC(C)(C)C. The van der Waals surface area contributed by atoms with E-state index < -0.39 is 26.7 Å². The third-order valence-corrected chi connectivity index (χ3v) is 4.10. The minimum atomic E-state index is -4.28. The van der Waals surface area contributed by atoms with Gasteiger partial charge in [-0.05, 0) is 29.9 Å². The second-order valence-corrected chi connectivity index (χ2v) is 7.97. The predicted octanol–water partition coefficient (Wildman–Crippen LogP) is 3.09. The number of rotatable bonds is 5. The summed E-state index contributed by atoms with van der Waals surface area (Å²) in [6.07, 6.45) is 0.794. The second-order valence-electron chi connectivity index (χ2n) is 6.45. The van der Waals surface area contributed by atoms with E-state index in [0.29, 0.717) is 0 Å². The summed E-state index contributed by atoms with van der Waals surface area (Å²) in [5.74, 6) is -1.24. The van der Waals surface area contributed by atoms with Gasteiger partial charge >= 0.3 is 16.1 Å². The highest BCUT2D eigenvalue weighted by Gasteiger charge is 2.25. The highest BCUT2D eigenvalue weighted by molar-refractivity contribution is 7.87. The van der Waals surface area contributed by atoms with Crippen molar-refractivity contribution in [3.8, 4) is 5.75 Å². The third kappa shape index (κ3) is 5.75. The maximum absolute atomic E-state index is 11.9. The number of carbonyl (C=O) groups is 1. The van der Waals surface area contributed by atoms with Crippen molar-refractivity contribution < 1.29 is 22.5 Å². The fourth-order valence-corrected chi connectivity index (χ4v) is 3.24. The van der Waals surface area contributed by atoms with Gasteiger partial charge in [0.2, 0.25) is 0 Å². The Hall–Kier alpha value is -1.56. The Morgan fingerprint density at radius 1 is 1.29 bits per heavy atom. The van der Waals surface area contributed by atoms with Crippen LogP contribution < -0.4 is 0 Å². The number of carbonyl (C=O) groups excluding carboxylic acids is 1. The van der Waals surface area contributed by atoms with E-state index in [1.165, 1.54) is 24.3 Å². The molecule has 1 aromatic carbocycles. The maximum atomic E-state index is 11.9. The van der Waals surface area contributed by atoms with Gasteiger partial charge in [-0.3, -0.25) is 4.79 Å². The van der Waals surface area contributed by atoms with E-state index in [9.17, 15) is 18.3 Å². The molecule has 118 valence electrons. The van der Waals surface area contributed by atoms with Crippen molar-refractivity contribution in [2.24, 2.45) is 11.3 Å². The molecule has 0 aliphatic carbocycles. The van der Waals surface area contributed by atoms with Gasteiger partial charge in [0, 0.05) is 6.42 Å². The van der Waals surface area contributed by atoms with Gasteiger partial charge in [-0.1, -0.05) is 39.8 Å². The molecular weight excluding hydrogens is 292 g/mol. The van der Waals surface area contributed by atoms with Crippen molar-refractivity contribution in [3.05, 3.63) is 24.3 Å². The summed E-state index contributed by atoms with van der Waals surface area (Å²) in [6.45, 7) is 8.02. The molecule has 5 nitrogen and oxygen atoms in total. The molecule has 0 aromatic heterocycles. The number of phenolic OH excluding ortho intramolecular Hbond substituents is 1. The zero-order valence-corrected chi connectivity index (χ0v) is 13.6. The maximum Gasteiger partial charge on any atom is 0.345 e. The fourth-order valence-electron chi connectivity index (χ4n) is 2.27. The van der Waals surface area contributed by atoms with Gasteiger partial charge in [-0.15, -0.1) is 0 Å². The molecule has 0 amide bonds. The van der Waals surface area contributed by atoms with Gasteiger partial charge in [0.05, 0.1) is 0 Å². The van der Waals surface area contributed by atoms with Crippen molar-refractivity contribution in [1.29, 1.82) is 0 Å². The Bertz CT molecular complexity index is 599. The van der Waals surface area contributed by atoms with Crippen LogP contribution in [0, 0.1) is 11.3 Å². The Balaban J connectivity index is 2.73. The Kier molecular flexibility index (Phi) is 5.39. The van der Waals surface area contributed by atoms with E-state index in [1.807, 2.05) is 27.7 Å². The number of phenols is 1. The summed E-state index contributed by atoms with van der Waals surface area (Å²) in [5.41, 5.74) is 0.0519. The van der Waals surface area contributed by atoms with Crippen molar-refractivity contribution in [2.75, 3.05) is 0 Å². The van der Waals surface area contributed by atoms with Crippen molar-refractivity contribution >= 4 is 16.1 Å². The van der Waals surface area contributed by atoms with Crippen LogP contribution in [0.15, 0.2) is 29.2 Å². The quantitative estimate of drug-likeness (QED) is 0.845. The number of aromatic hydroxyl groups is 1. The van der Waals surface area contributed by atoms with Crippen LogP contribution in [0.1, 0.15) is 40.5 Å².